The molecule has 0 spiro atoms. The van der Waals surface area contributed by atoms with E-state index in [0.717, 1.165) is 19.3 Å². The number of halogens is 1. The lowest BCUT2D eigenvalue weighted by atomic mass is 9.75. The quantitative estimate of drug-likeness (QED) is 0.590. The van der Waals surface area contributed by atoms with Crippen molar-refractivity contribution in [1.82, 2.24) is 4.90 Å². The Morgan fingerprint density at radius 2 is 2.19 bits per heavy atom. The van der Waals surface area contributed by atoms with E-state index in [2.05, 4.69) is 22.9 Å². The monoisotopic (exact) mass is 289 g/mol. The molecule has 0 N–H and O–H groups in total. The first-order chi connectivity index (χ1) is 7.49. The molecule has 3 atom stereocenters. The molecule has 0 aliphatic heterocycles. The van der Waals surface area contributed by atoms with Crippen LogP contribution < -0.4 is 0 Å². The molecule has 0 bridgehead atoms. The first-order valence-electron chi connectivity index (χ1n) is 5.87. The topological polar surface area (TPSA) is 37.4 Å². The Kier molecular flexibility index (Phi) is 4.96. The highest BCUT2D eigenvalue weighted by molar-refractivity contribution is 9.09. The molecule has 16 heavy (non-hydrogen) atoms. The molecule has 0 aromatic rings. The van der Waals surface area contributed by atoms with Crippen LogP contribution in [0.25, 0.3) is 0 Å². The highest BCUT2D eigenvalue weighted by Crippen LogP contribution is 2.35. The summed E-state index contributed by atoms with van der Waals surface area (Å²) in [7, 11) is 3.44. The lowest BCUT2D eigenvalue weighted by Gasteiger charge is -2.33. The maximum atomic E-state index is 12.0. The molecule has 0 aromatic heterocycles. The van der Waals surface area contributed by atoms with E-state index in [4.69, 9.17) is 0 Å². The molecule has 1 fully saturated rings. The molecular weight excluding hydrogens is 270 g/mol. The fourth-order valence-electron chi connectivity index (χ4n) is 2.36. The van der Waals surface area contributed by atoms with Gasteiger partial charge in [0, 0.05) is 25.3 Å². The van der Waals surface area contributed by atoms with Crippen molar-refractivity contribution in [2.24, 2.45) is 11.8 Å². The molecule has 4 heteroatoms. The summed E-state index contributed by atoms with van der Waals surface area (Å²) in [4.78, 5) is 25.7. The van der Waals surface area contributed by atoms with Gasteiger partial charge in [-0.3, -0.25) is 9.59 Å². The predicted molar refractivity (Wildman–Crippen MR) is 67.5 cm³/mol. The summed E-state index contributed by atoms with van der Waals surface area (Å²) in [6.45, 7) is 2.08. The van der Waals surface area contributed by atoms with Gasteiger partial charge in [0.05, 0.1) is 0 Å². The average molecular weight is 290 g/mol. The minimum Gasteiger partial charge on any atom is -0.348 e. The summed E-state index contributed by atoms with van der Waals surface area (Å²) in [5, 5.41) is 0. The normalized spacial score (nSPS) is 27.6. The minimum atomic E-state index is -0.423. The third-order valence-corrected chi connectivity index (χ3v) is 4.62. The van der Waals surface area contributed by atoms with Crippen LogP contribution in [-0.4, -0.2) is 35.5 Å². The summed E-state index contributed by atoms with van der Waals surface area (Å²) in [5.41, 5.74) is 0. The number of alkyl halides is 1. The zero-order chi connectivity index (χ0) is 12.3. The third kappa shape index (κ3) is 2.84. The average Bonchev–Trinajstić information content (AvgIpc) is 2.26. The van der Waals surface area contributed by atoms with Crippen molar-refractivity contribution in [2.45, 2.75) is 37.4 Å². The van der Waals surface area contributed by atoms with Crippen molar-refractivity contribution in [3.8, 4) is 0 Å². The van der Waals surface area contributed by atoms with Gasteiger partial charge >= 0.3 is 0 Å². The maximum absolute atomic E-state index is 12.0. The van der Waals surface area contributed by atoms with Gasteiger partial charge < -0.3 is 4.90 Å². The Labute approximate surface area is 106 Å². The van der Waals surface area contributed by atoms with Gasteiger partial charge in [-0.1, -0.05) is 22.9 Å². The molecule has 1 unspecified atom stereocenters. The number of hydrogen-bond acceptors (Lipinski definition) is 2. The van der Waals surface area contributed by atoms with Gasteiger partial charge in [-0.15, -0.1) is 0 Å². The molecule has 1 amide bonds. The van der Waals surface area contributed by atoms with Gasteiger partial charge in [-0.05, 0) is 25.2 Å². The van der Waals surface area contributed by atoms with Gasteiger partial charge in [0.2, 0.25) is 5.91 Å². The van der Waals surface area contributed by atoms with E-state index >= 15 is 0 Å². The van der Waals surface area contributed by atoms with Gasteiger partial charge in [0.15, 0.2) is 0 Å². The molecule has 0 heterocycles. The van der Waals surface area contributed by atoms with E-state index < -0.39 is 5.92 Å². The molecule has 1 aliphatic carbocycles. The number of ketones is 1. The Morgan fingerprint density at radius 1 is 1.56 bits per heavy atom. The van der Waals surface area contributed by atoms with Crippen molar-refractivity contribution < 1.29 is 9.59 Å². The first-order valence-corrected chi connectivity index (χ1v) is 6.78. The van der Waals surface area contributed by atoms with E-state index in [1.165, 1.54) is 4.90 Å². The molecule has 92 valence electrons. The second-order valence-electron chi connectivity index (χ2n) is 4.66. The van der Waals surface area contributed by atoms with Crippen LogP contribution in [0.15, 0.2) is 0 Å². The predicted octanol–water partition coefficient (Wildman–Crippen LogP) is 2.23. The van der Waals surface area contributed by atoms with Gasteiger partial charge in [-0.2, -0.15) is 0 Å². The van der Waals surface area contributed by atoms with E-state index in [0.29, 0.717) is 6.42 Å². The summed E-state index contributed by atoms with van der Waals surface area (Å²) in [5.74, 6) is -0.172. The smallest absolute Gasteiger partial charge is 0.232 e. The molecular formula is C12H20BrNO2. The lowest BCUT2D eigenvalue weighted by Crippen LogP contribution is -2.44. The van der Waals surface area contributed by atoms with Crippen LogP contribution in [-0.2, 0) is 9.59 Å². The molecule has 1 aliphatic rings. The number of nitrogens with zero attached hydrogens (tertiary/aromatic N) is 1. The van der Waals surface area contributed by atoms with Gasteiger partial charge in [-0.25, -0.2) is 0 Å². The van der Waals surface area contributed by atoms with E-state index in [1.807, 2.05) is 0 Å². The molecule has 1 rings (SSSR count). The highest BCUT2D eigenvalue weighted by Gasteiger charge is 2.40. The van der Waals surface area contributed by atoms with Crippen molar-refractivity contribution in [3.63, 3.8) is 0 Å². The molecule has 0 aromatic carbocycles. The molecule has 0 saturated heterocycles. The number of hydrogen-bond donors (Lipinski definition) is 0. The second-order valence-corrected chi connectivity index (χ2v) is 5.83. The highest BCUT2D eigenvalue weighted by atomic mass is 79.9. The number of Topliss-reactive ketones (excluding diaryl/α,β-unsaturated/α-hetero) is 1. The van der Waals surface area contributed by atoms with Crippen LogP contribution in [0.3, 0.4) is 0 Å². The Balaban J connectivity index is 2.87. The van der Waals surface area contributed by atoms with Crippen molar-refractivity contribution in [2.75, 3.05) is 14.1 Å². The first kappa shape index (κ1) is 13.7. The van der Waals surface area contributed by atoms with Gasteiger partial charge in [0.25, 0.3) is 0 Å². The van der Waals surface area contributed by atoms with E-state index in [9.17, 15) is 9.59 Å². The Hall–Kier alpha value is -0.380. The molecule has 3 nitrogen and oxygen atoms in total. The maximum Gasteiger partial charge on any atom is 0.232 e. The van der Waals surface area contributed by atoms with E-state index in [1.54, 1.807) is 14.1 Å². The third-order valence-electron chi connectivity index (χ3n) is 3.30. The second kappa shape index (κ2) is 5.80. The summed E-state index contributed by atoms with van der Waals surface area (Å²) < 4.78 is 0. The zero-order valence-electron chi connectivity index (χ0n) is 10.2. The molecule has 0 radical (unpaired) electrons. The summed E-state index contributed by atoms with van der Waals surface area (Å²) >= 11 is 3.60. The zero-order valence-corrected chi connectivity index (χ0v) is 11.8. The standard InChI is InChI=1S/C12H20BrNO2/c1-4-9(13)8-6-5-7-10(15)11(8)12(16)14(2)3/h8-9,11H,4-7H2,1-3H3/t8-,9?,11-/m0/s1. The van der Waals surface area contributed by atoms with Crippen LogP contribution in [0, 0.1) is 11.8 Å². The fourth-order valence-corrected chi connectivity index (χ4v) is 2.93. The number of rotatable bonds is 3. The van der Waals surface area contributed by atoms with E-state index in [-0.39, 0.29) is 22.4 Å². The van der Waals surface area contributed by atoms with Crippen LogP contribution in [0.1, 0.15) is 32.6 Å². The van der Waals surface area contributed by atoms with Crippen LogP contribution in [0.5, 0.6) is 0 Å². The number of carbonyl (C=O) groups is 2. The summed E-state index contributed by atoms with van der Waals surface area (Å²) in [6.07, 6.45) is 3.40. The van der Waals surface area contributed by atoms with Gasteiger partial charge in [0.1, 0.15) is 11.7 Å². The van der Waals surface area contributed by atoms with Crippen molar-refractivity contribution in [3.05, 3.63) is 0 Å². The molecule has 1 saturated carbocycles. The Morgan fingerprint density at radius 3 is 2.69 bits per heavy atom. The van der Waals surface area contributed by atoms with Crippen LogP contribution in [0.2, 0.25) is 0 Å². The van der Waals surface area contributed by atoms with Crippen molar-refractivity contribution in [1.29, 1.82) is 0 Å². The fraction of sp³-hybridized carbons (Fsp3) is 0.833. The van der Waals surface area contributed by atoms with Crippen LogP contribution >= 0.6 is 15.9 Å². The number of carbonyl (C=O) groups excluding carboxylic acids is 2. The number of amides is 1. The minimum absolute atomic E-state index is 0.0346. The lowest BCUT2D eigenvalue weighted by molar-refractivity contribution is -0.143. The van der Waals surface area contributed by atoms with Crippen molar-refractivity contribution >= 4 is 27.6 Å². The SMILES string of the molecule is CCC(Br)[C@@H]1CCCC(=O)[C@H]1C(=O)N(C)C. The largest absolute Gasteiger partial charge is 0.348 e. The summed E-state index contributed by atoms with van der Waals surface area (Å²) in [6, 6.07) is 0. The van der Waals surface area contributed by atoms with Crippen LogP contribution in [0.4, 0.5) is 0 Å². The Bertz CT molecular complexity index is 278.